The van der Waals surface area contributed by atoms with Crippen molar-refractivity contribution in [2.45, 2.75) is 0 Å². The molecule has 0 fully saturated rings. The maximum atomic E-state index is 12.0. The lowest BCUT2D eigenvalue weighted by Crippen LogP contribution is -2.29. The molecule has 134 valence electrons. The van der Waals surface area contributed by atoms with Crippen molar-refractivity contribution in [3.8, 4) is 5.75 Å². The van der Waals surface area contributed by atoms with Gasteiger partial charge in [0.05, 0.1) is 0 Å². The van der Waals surface area contributed by atoms with Crippen LogP contribution >= 0.6 is 0 Å². The van der Waals surface area contributed by atoms with Crippen molar-refractivity contribution in [2.75, 3.05) is 10.6 Å². The van der Waals surface area contributed by atoms with Gasteiger partial charge in [-0.05, 0) is 35.4 Å². The Kier molecular flexibility index (Phi) is 5.64. The SMILES string of the molecule is O=C(Nc1ccc(/C=C/c2ccccc2)cc1)C(=O)Nc1cccc(O)c1. The van der Waals surface area contributed by atoms with E-state index in [1.165, 1.54) is 12.1 Å². The van der Waals surface area contributed by atoms with E-state index in [4.69, 9.17) is 0 Å². The topological polar surface area (TPSA) is 78.4 Å². The normalized spacial score (nSPS) is 10.5. The van der Waals surface area contributed by atoms with Crippen LogP contribution in [-0.2, 0) is 9.59 Å². The second-order valence-corrected chi connectivity index (χ2v) is 5.82. The molecule has 0 atom stereocenters. The van der Waals surface area contributed by atoms with E-state index in [1.807, 2.05) is 54.6 Å². The molecule has 27 heavy (non-hydrogen) atoms. The molecule has 0 aromatic heterocycles. The molecule has 5 nitrogen and oxygen atoms in total. The van der Waals surface area contributed by atoms with Gasteiger partial charge in [0.15, 0.2) is 0 Å². The zero-order valence-electron chi connectivity index (χ0n) is 14.4. The lowest BCUT2D eigenvalue weighted by molar-refractivity contribution is -0.132. The number of hydrogen-bond acceptors (Lipinski definition) is 3. The average Bonchev–Trinajstić information content (AvgIpc) is 2.68. The number of anilines is 2. The zero-order valence-corrected chi connectivity index (χ0v) is 14.4. The fourth-order valence-electron chi connectivity index (χ4n) is 2.39. The van der Waals surface area contributed by atoms with E-state index in [1.54, 1.807) is 24.3 Å². The molecule has 3 rings (SSSR count). The molecule has 0 aliphatic carbocycles. The third kappa shape index (κ3) is 5.31. The summed E-state index contributed by atoms with van der Waals surface area (Å²) < 4.78 is 0. The van der Waals surface area contributed by atoms with Gasteiger partial charge in [-0.15, -0.1) is 0 Å². The van der Waals surface area contributed by atoms with E-state index in [-0.39, 0.29) is 5.75 Å². The second kappa shape index (κ2) is 8.49. The summed E-state index contributed by atoms with van der Waals surface area (Å²) in [6.07, 6.45) is 3.96. The molecule has 0 saturated heterocycles. The summed E-state index contributed by atoms with van der Waals surface area (Å²) in [5.41, 5.74) is 2.93. The Morgan fingerprint density at radius 3 is 1.89 bits per heavy atom. The number of amides is 2. The Hall–Kier alpha value is -3.86. The summed E-state index contributed by atoms with van der Waals surface area (Å²) in [5.74, 6) is -1.59. The van der Waals surface area contributed by atoms with Crippen LogP contribution in [0.1, 0.15) is 11.1 Å². The van der Waals surface area contributed by atoms with Gasteiger partial charge in [0.2, 0.25) is 0 Å². The molecule has 0 bridgehead atoms. The van der Waals surface area contributed by atoms with E-state index in [2.05, 4.69) is 10.6 Å². The minimum atomic E-state index is -0.811. The molecule has 3 N–H and O–H groups in total. The molecule has 3 aromatic carbocycles. The Morgan fingerprint density at radius 1 is 0.667 bits per heavy atom. The van der Waals surface area contributed by atoms with Gasteiger partial charge in [0.1, 0.15) is 5.75 Å². The van der Waals surface area contributed by atoms with Gasteiger partial charge in [-0.1, -0.05) is 60.7 Å². The molecule has 3 aromatic rings. The summed E-state index contributed by atoms with van der Waals surface area (Å²) in [6, 6.07) is 23.1. The molecule has 2 amide bonds. The number of aromatic hydroxyl groups is 1. The highest BCUT2D eigenvalue weighted by molar-refractivity contribution is 6.43. The van der Waals surface area contributed by atoms with Crippen LogP contribution in [0, 0.1) is 0 Å². The monoisotopic (exact) mass is 358 g/mol. The number of phenols is 1. The standard InChI is InChI=1S/C22H18N2O3/c25-20-8-4-7-19(15-20)24-22(27)21(26)23-18-13-11-17(12-14-18)10-9-16-5-2-1-3-6-16/h1-15,25H,(H,23,26)(H,24,27)/b10-9+. The van der Waals surface area contributed by atoms with Crippen LogP contribution in [0.25, 0.3) is 12.2 Å². The third-order valence-electron chi connectivity index (χ3n) is 3.75. The smallest absolute Gasteiger partial charge is 0.314 e. The fourth-order valence-corrected chi connectivity index (χ4v) is 2.39. The van der Waals surface area contributed by atoms with Gasteiger partial charge < -0.3 is 15.7 Å². The number of phenolic OH excluding ortho intramolecular Hbond substituents is 1. The maximum absolute atomic E-state index is 12.0. The van der Waals surface area contributed by atoms with E-state index < -0.39 is 11.8 Å². The van der Waals surface area contributed by atoms with Crippen LogP contribution in [0.5, 0.6) is 5.75 Å². The highest BCUT2D eigenvalue weighted by Crippen LogP contribution is 2.16. The van der Waals surface area contributed by atoms with E-state index in [0.29, 0.717) is 11.4 Å². The van der Waals surface area contributed by atoms with Gasteiger partial charge in [0.25, 0.3) is 0 Å². The summed E-state index contributed by atoms with van der Waals surface area (Å²) >= 11 is 0. The second-order valence-electron chi connectivity index (χ2n) is 5.82. The van der Waals surface area contributed by atoms with Crippen molar-refractivity contribution in [1.29, 1.82) is 0 Å². The largest absolute Gasteiger partial charge is 0.508 e. The minimum Gasteiger partial charge on any atom is -0.508 e. The van der Waals surface area contributed by atoms with E-state index in [9.17, 15) is 14.7 Å². The fraction of sp³-hybridized carbons (Fsp3) is 0. The van der Waals surface area contributed by atoms with Crippen LogP contribution in [0.4, 0.5) is 11.4 Å². The molecule has 0 aliphatic rings. The van der Waals surface area contributed by atoms with Crippen molar-refractivity contribution in [3.05, 3.63) is 90.0 Å². The maximum Gasteiger partial charge on any atom is 0.314 e. The Morgan fingerprint density at radius 2 is 1.26 bits per heavy atom. The first-order chi connectivity index (χ1) is 13.1. The molecule has 0 saturated carbocycles. The number of carbonyl (C=O) groups is 2. The number of benzene rings is 3. The summed E-state index contributed by atoms with van der Waals surface area (Å²) in [6.45, 7) is 0. The number of hydrogen-bond donors (Lipinski definition) is 3. The van der Waals surface area contributed by atoms with Crippen LogP contribution in [0.3, 0.4) is 0 Å². The van der Waals surface area contributed by atoms with Crippen molar-refractivity contribution in [2.24, 2.45) is 0 Å². The Bertz CT molecular complexity index is 964. The highest BCUT2D eigenvalue weighted by Gasteiger charge is 2.14. The van der Waals surface area contributed by atoms with E-state index in [0.717, 1.165) is 11.1 Å². The molecular weight excluding hydrogens is 340 g/mol. The van der Waals surface area contributed by atoms with Gasteiger partial charge in [-0.2, -0.15) is 0 Å². The first kappa shape index (κ1) is 17.9. The molecule has 0 spiro atoms. The molecular formula is C22H18N2O3. The van der Waals surface area contributed by atoms with Crippen LogP contribution in [0.2, 0.25) is 0 Å². The van der Waals surface area contributed by atoms with Gasteiger partial charge >= 0.3 is 11.8 Å². The van der Waals surface area contributed by atoms with Crippen molar-refractivity contribution in [3.63, 3.8) is 0 Å². The third-order valence-corrected chi connectivity index (χ3v) is 3.75. The van der Waals surface area contributed by atoms with Crippen LogP contribution in [0.15, 0.2) is 78.9 Å². The van der Waals surface area contributed by atoms with E-state index >= 15 is 0 Å². The van der Waals surface area contributed by atoms with Gasteiger partial charge in [-0.3, -0.25) is 9.59 Å². The van der Waals surface area contributed by atoms with Gasteiger partial charge in [0, 0.05) is 17.4 Å². The van der Waals surface area contributed by atoms with Gasteiger partial charge in [-0.25, -0.2) is 0 Å². The quantitative estimate of drug-likeness (QED) is 0.484. The first-order valence-corrected chi connectivity index (χ1v) is 8.35. The summed E-state index contributed by atoms with van der Waals surface area (Å²) in [7, 11) is 0. The van der Waals surface area contributed by atoms with Crippen molar-refractivity contribution in [1.82, 2.24) is 0 Å². The predicted octanol–water partition coefficient (Wildman–Crippen LogP) is 4.14. The lowest BCUT2D eigenvalue weighted by Gasteiger charge is -2.07. The Balaban J connectivity index is 1.58. The molecule has 0 heterocycles. The molecule has 0 unspecified atom stereocenters. The zero-order chi connectivity index (χ0) is 19.1. The lowest BCUT2D eigenvalue weighted by atomic mass is 10.1. The number of rotatable bonds is 4. The van der Waals surface area contributed by atoms with Crippen molar-refractivity contribution < 1.29 is 14.7 Å². The molecule has 0 aliphatic heterocycles. The number of carbonyl (C=O) groups excluding carboxylic acids is 2. The minimum absolute atomic E-state index is 0.00681. The highest BCUT2D eigenvalue weighted by atomic mass is 16.3. The van der Waals surface area contributed by atoms with Crippen LogP contribution in [-0.4, -0.2) is 16.9 Å². The summed E-state index contributed by atoms with van der Waals surface area (Å²) in [5, 5.41) is 14.4. The molecule has 0 radical (unpaired) electrons. The van der Waals surface area contributed by atoms with Crippen molar-refractivity contribution >= 4 is 35.3 Å². The average molecular weight is 358 g/mol. The Labute approximate surface area is 157 Å². The number of nitrogens with one attached hydrogen (secondary N) is 2. The first-order valence-electron chi connectivity index (χ1n) is 8.35. The van der Waals surface area contributed by atoms with Crippen LogP contribution < -0.4 is 10.6 Å². The summed E-state index contributed by atoms with van der Waals surface area (Å²) in [4.78, 5) is 23.9. The predicted molar refractivity (Wildman–Crippen MR) is 107 cm³/mol. The molecule has 5 heteroatoms.